The van der Waals surface area contributed by atoms with Crippen LogP contribution in [0.15, 0.2) is 115 Å². The number of nitrogens with zero attached hydrogens (tertiary/aromatic N) is 3. The minimum absolute atomic E-state index is 0.186. The fraction of sp³-hybridized carbons (Fsp3) is 0.306. The van der Waals surface area contributed by atoms with Crippen LogP contribution in [0.5, 0.6) is 5.75 Å². The van der Waals surface area contributed by atoms with Crippen molar-refractivity contribution in [1.82, 2.24) is 14.7 Å². The van der Waals surface area contributed by atoms with Gasteiger partial charge in [0.15, 0.2) is 0 Å². The number of para-hydroxylation sites is 1. The minimum Gasteiger partial charge on any atom is -0.496 e. The Hall–Kier alpha value is -4.13. The van der Waals surface area contributed by atoms with Crippen molar-refractivity contribution in [3.63, 3.8) is 0 Å². The van der Waals surface area contributed by atoms with Gasteiger partial charge in [-0.15, -0.1) is 0 Å². The van der Waals surface area contributed by atoms with Gasteiger partial charge in [0, 0.05) is 62.8 Å². The highest BCUT2D eigenvalue weighted by Gasteiger charge is 2.43. The number of ether oxygens (including phenoxy) is 2. The zero-order chi connectivity index (χ0) is 28.7. The van der Waals surface area contributed by atoms with Gasteiger partial charge in [-0.1, -0.05) is 109 Å². The van der Waals surface area contributed by atoms with Gasteiger partial charge in [-0.05, 0) is 22.8 Å². The molecule has 1 unspecified atom stereocenters. The molecule has 4 aromatic rings. The van der Waals surface area contributed by atoms with Gasteiger partial charge in [-0.3, -0.25) is 9.80 Å². The highest BCUT2D eigenvalue weighted by Crippen LogP contribution is 2.36. The summed E-state index contributed by atoms with van der Waals surface area (Å²) < 4.78 is 11.5. The number of amides is 1. The number of benzene rings is 4. The second-order valence-corrected chi connectivity index (χ2v) is 11.3. The van der Waals surface area contributed by atoms with E-state index in [-0.39, 0.29) is 30.7 Å². The van der Waals surface area contributed by atoms with E-state index < -0.39 is 0 Å². The Morgan fingerprint density at radius 1 is 0.762 bits per heavy atom. The Balaban J connectivity index is 1.28. The summed E-state index contributed by atoms with van der Waals surface area (Å²) in [5.41, 5.74) is 4.81. The molecule has 0 saturated carbocycles. The topological polar surface area (TPSA) is 45.2 Å². The summed E-state index contributed by atoms with van der Waals surface area (Å²) in [4.78, 5) is 20.3. The summed E-state index contributed by atoms with van der Waals surface area (Å²) in [6, 6.07) is 40.3. The number of carbonyl (C=O) groups is 1. The first-order chi connectivity index (χ1) is 20.7. The van der Waals surface area contributed by atoms with E-state index in [9.17, 15) is 4.79 Å². The van der Waals surface area contributed by atoms with Gasteiger partial charge in [0.05, 0.1) is 7.11 Å². The van der Waals surface area contributed by atoms with Crippen molar-refractivity contribution in [1.29, 1.82) is 0 Å². The van der Waals surface area contributed by atoms with Crippen molar-refractivity contribution in [2.45, 2.75) is 31.2 Å². The largest absolute Gasteiger partial charge is 0.496 e. The maximum absolute atomic E-state index is 13.2. The van der Waals surface area contributed by atoms with Crippen LogP contribution in [-0.2, 0) is 17.9 Å². The summed E-state index contributed by atoms with van der Waals surface area (Å²) in [6.45, 7) is 4.98. The zero-order valence-corrected chi connectivity index (χ0v) is 24.2. The summed E-state index contributed by atoms with van der Waals surface area (Å²) in [7, 11) is 1.74. The van der Waals surface area contributed by atoms with Crippen molar-refractivity contribution >= 4 is 6.09 Å². The van der Waals surface area contributed by atoms with E-state index in [1.807, 2.05) is 47.4 Å². The van der Waals surface area contributed by atoms with E-state index in [2.05, 4.69) is 82.6 Å². The van der Waals surface area contributed by atoms with Crippen LogP contribution < -0.4 is 4.74 Å². The van der Waals surface area contributed by atoms with E-state index in [1.54, 1.807) is 7.11 Å². The molecule has 2 saturated heterocycles. The second-order valence-electron chi connectivity index (χ2n) is 11.3. The number of methoxy groups -OCH3 is 1. The average molecular weight is 562 g/mol. The molecule has 0 bridgehead atoms. The molecule has 2 atom stereocenters. The number of fused-ring (bicyclic) bond motifs is 1. The predicted molar refractivity (Wildman–Crippen MR) is 165 cm³/mol. The highest BCUT2D eigenvalue weighted by molar-refractivity contribution is 5.68. The van der Waals surface area contributed by atoms with Gasteiger partial charge in [0.25, 0.3) is 0 Å². The average Bonchev–Trinajstić information content (AvgIpc) is 3.05. The molecule has 6 rings (SSSR count). The first-order valence-corrected chi connectivity index (χ1v) is 14.8. The Bertz CT molecular complexity index is 1390. The standard InChI is InChI=1S/C36H39N3O3/c1-41-34-20-12-11-19-31(34)23-37-24-32-25-38(36(40)42-27-28-13-5-2-6-14-28)21-22-39(32)33(26-37)35(29-15-7-3-8-16-29)30-17-9-4-10-18-30/h2-20,32-33,35H,21-27H2,1H3/t32-,33?/m1/s1. The molecule has 0 N–H and O–H groups in total. The van der Waals surface area contributed by atoms with Crippen molar-refractivity contribution in [2.75, 3.05) is 39.8 Å². The van der Waals surface area contributed by atoms with Crippen molar-refractivity contribution < 1.29 is 14.3 Å². The Kier molecular flexibility index (Phi) is 8.83. The van der Waals surface area contributed by atoms with Gasteiger partial charge in [0.2, 0.25) is 0 Å². The van der Waals surface area contributed by atoms with E-state index in [1.165, 1.54) is 16.7 Å². The van der Waals surface area contributed by atoms with Crippen LogP contribution in [0, 0.1) is 0 Å². The molecule has 2 aliphatic rings. The normalized spacial score (nSPS) is 19.3. The smallest absolute Gasteiger partial charge is 0.410 e. The molecule has 6 heteroatoms. The second kappa shape index (κ2) is 13.2. The fourth-order valence-electron chi connectivity index (χ4n) is 6.64. The molecule has 0 radical (unpaired) electrons. The monoisotopic (exact) mass is 561 g/mol. The molecule has 2 aliphatic heterocycles. The lowest BCUT2D eigenvalue weighted by molar-refractivity contribution is -0.0334. The minimum atomic E-state index is -0.237. The van der Waals surface area contributed by atoms with Crippen molar-refractivity contribution in [3.8, 4) is 5.75 Å². The van der Waals surface area contributed by atoms with Crippen molar-refractivity contribution in [3.05, 3.63) is 138 Å². The maximum Gasteiger partial charge on any atom is 0.410 e. The van der Waals surface area contributed by atoms with Crippen LogP contribution in [0.3, 0.4) is 0 Å². The Morgan fingerprint density at radius 3 is 2.05 bits per heavy atom. The molecule has 1 amide bonds. The maximum atomic E-state index is 13.2. The van der Waals surface area contributed by atoms with Gasteiger partial charge >= 0.3 is 6.09 Å². The summed E-state index contributed by atoms with van der Waals surface area (Å²) in [6.07, 6.45) is -0.237. The van der Waals surface area contributed by atoms with Crippen LogP contribution >= 0.6 is 0 Å². The van der Waals surface area contributed by atoms with Crippen LogP contribution in [0.4, 0.5) is 4.79 Å². The zero-order valence-electron chi connectivity index (χ0n) is 24.2. The highest BCUT2D eigenvalue weighted by atomic mass is 16.6. The van der Waals surface area contributed by atoms with E-state index >= 15 is 0 Å². The van der Waals surface area contributed by atoms with Crippen LogP contribution in [0.25, 0.3) is 0 Å². The van der Waals surface area contributed by atoms with E-state index in [0.29, 0.717) is 13.1 Å². The SMILES string of the molecule is COc1ccccc1CN1CC(C(c2ccccc2)c2ccccc2)N2CCN(C(=O)OCc3ccccc3)C[C@H]2C1. The molecule has 42 heavy (non-hydrogen) atoms. The molecule has 6 nitrogen and oxygen atoms in total. The third-order valence-electron chi connectivity index (χ3n) is 8.62. The lowest BCUT2D eigenvalue weighted by atomic mass is 9.81. The van der Waals surface area contributed by atoms with Crippen LogP contribution in [0.2, 0.25) is 0 Å². The van der Waals surface area contributed by atoms with Crippen LogP contribution in [0.1, 0.15) is 28.2 Å². The molecule has 2 fully saturated rings. The molecule has 0 aromatic heterocycles. The number of hydrogen-bond donors (Lipinski definition) is 0. The molecular weight excluding hydrogens is 522 g/mol. The molecule has 2 heterocycles. The van der Waals surface area contributed by atoms with Gasteiger partial charge in [0.1, 0.15) is 12.4 Å². The number of piperazine rings is 2. The lowest BCUT2D eigenvalue weighted by Gasteiger charge is -2.53. The third kappa shape index (κ3) is 6.35. The summed E-state index contributed by atoms with van der Waals surface area (Å²) in [5, 5.41) is 0. The summed E-state index contributed by atoms with van der Waals surface area (Å²) >= 11 is 0. The molecule has 216 valence electrons. The molecule has 0 spiro atoms. The first-order valence-electron chi connectivity index (χ1n) is 14.8. The molecule has 0 aliphatic carbocycles. The molecule has 4 aromatic carbocycles. The first kappa shape index (κ1) is 28.0. The fourth-order valence-corrected chi connectivity index (χ4v) is 6.64. The van der Waals surface area contributed by atoms with Gasteiger partial charge < -0.3 is 14.4 Å². The Labute approximate surface area is 249 Å². The quantitative estimate of drug-likeness (QED) is 0.263. The van der Waals surface area contributed by atoms with E-state index in [0.717, 1.165) is 37.5 Å². The third-order valence-corrected chi connectivity index (χ3v) is 8.62. The molecular formula is C36H39N3O3. The predicted octanol–water partition coefficient (Wildman–Crippen LogP) is 6.03. The Morgan fingerprint density at radius 2 is 1.38 bits per heavy atom. The number of hydrogen-bond acceptors (Lipinski definition) is 5. The number of rotatable bonds is 8. The van der Waals surface area contributed by atoms with Gasteiger partial charge in [-0.25, -0.2) is 4.79 Å². The van der Waals surface area contributed by atoms with E-state index in [4.69, 9.17) is 9.47 Å². The van der Waals surface area contributed by atoms with Gasteiger partial charge in [-0.2, -0.15) is 0 Å². The lowest BCUT2D eigenvalue weighted by Crippen LogP contribution is -2.67. The van der Waals surface area contributed by atoms with Crippen molar-refractivity contribution in [2.24, 2.45) is 0 Å². The summed E-state index contributed by atoms with van der Waals surface area (Å²) in [5.74, 6) is 1.11. The number of carbonyl (C=O) groups excluding carboxylic acids is 1. The van der Waals surface area contributed by atoms with Crippen LogP contribution in [-0.4, -0.2) is 72.7 Å².